The minimum Gasteiger partial charge on any atom is -0.459 e. The van der Waals surface area contributed by atoms with Gasteiger partial charge in [-0.1, -0.05) is 17.7 Å². The predicted octanol–water partition coefficient (Wildman–Crippen LogP) is 3.61. The maximum absolute atomic E-state index is 13.7. The Morgan fingerprint density at radius 3 is 2.21 bits per heavy atom. The van der Waals surface area contributed by atoms with Crippen LogP contribution >= 0.6 is 0 Å². The van der Waals surface area contributed by atoms with E-state index in [1.54, 1.807) is 39.8 Å². The molecule has 9 heteroatoms. The van der Waals surface area contributed by atoms with E-state index in [0.717, 1.165) is 16.7 Å². The normalized spacial score (nSPS) is 12.0. The van der Waals surface area contributed by atoms with Crippen LogP contribution in [0.5, 0.6) is 0 Å². The molecule has 2 rings (SSSR count). The van der Waals surface area contributed by atoms with Gasteiger partial charge in [0.15, 0.2) is 5.69 Å². The second-order valence-electron chi connectivity index (χ2n) is 7.40. The van der Waals surface area contributed by atoms with E-state index in [2.05, 4.69) is 5.10 Å². The summed E-state index contributed by atoms with van der Waals surface area (Å²) in [4.78, 5) is 25.3. The van der Waals surface area contributed by atoms with Gasteiger partial charge in [-0.3, -0.25) is 9.59 Å². The highest BCUT2D eigenvalue weighted by atomic mass is 19.4. The lowest BCUT2D eigenvalue weighted by Gasteiger charge is -2.22. The van der Waals surface area contributed by atoms with Crippen LogP contribution in [0, 0.1) is 6.92 Å². The lowest BCUT2D eigenvalue weighted by atomic mass is 10.2. The number of esters is 1. The molecule has 0 N–H and O–H groups in total. The molecule has 28 heavy (non-hydrogen) atoms. The third kappa shape index (κ3) is 5.11. The molecule has 0 spiro atoms. The highest BCUT2D eigenvalue weighted by Crippen LogP contribution is 2.34. The zero-order valence-electron chi connectivity index (χ0n) is 16.3. The van der Waals surface area contributed by atoms with E-state index in [1.165, 1.54) is 19.2 Å². The Bertz CT molecular complexity index is 865. The van der Waals surface area contributed by atoms with E-state index in [9.17, 15) is 22.8 Å². The number of rotatable bonds is 4. The van der Waals surface area contributed by atoms with Gasteiger partial charge in [-0.25, -0.2) is 4.68 Å². The first-order chi connectivity index (χ1) is 12.8. The Labute approximate surface area is 160 Å². The Kier molecular flexibility index (Phi) is 5.86. The van der Waals surface area contributed by atoms with E-state index >= 15 is 0 Å². The van der Waals surface area contributed by atoms with Crippen LogP contribution in [0.25, 0.3) is 5.69 Å². The number of alkyl halides is 3. The number of ether oxygens (including phenoxy) is 1. The summed E-state index contributed by atoms with van der Waals surface area (Å²) >= 11 is 0. The van der Waals surface area contributed by atoms with Crippen molar-refractivity contribution in [3.05, 3.63) is 47.3 Å². The van der Waals surface area contributed by atoms with Crippen LogP contribution in [0.1, 0.15) is 42.4 Å². The monoisotopic (exact) mass is 397 g/mol. The van der Waals surface area contributed by atoms with Crippen molar-refractivity contribution in [2.24, 2.45) is 0 Å². The first-order valence-electron chi connectivity index (χ1n) is 8.49. The molecule has 0 aliphatic rings. The summed E-state index contributed by atoms with van der Waals surface area (Å²) in [5.74, 6) is -1.70. The van der Waals surface area contributed by atoms with Gasteiger partial charge in [0.1, 0.15) is 12.1 Å². The van der Waals surface area contributed by atoms with Crippen molar-refractivity contribution in [1.82, 2.24) is 14.7 Å². The Balaban J connectivity index is 2.36. The van der Waals surface area contributed by atoms with Gasteiger partial charge in [-0.2, -0.15) is 18.3 Å². The number of aromatic nitrogens is 2. The number of carbonyl (C=O) groups excluding carboxylic acids is 2. The summed E-state index contributed by atoms with van der Waals surface area (Å²) in [7, 11) is 1.23. The average Bonchev–Trinajstić information content (AvgIpc) is 2.98. The van der Waals surface area contributed by atoms with Gasteiger partial charge < -0.3 is 9.64 Å². The van der Waals surface area contributed by atoms with E-state index in [0.29, 0.717) is 4.68 Å². The van der Waals surface area contributed by atoms with Crippen molar-refractivity contribution in [2.75, 3.05) is 13.6 Å². The molecular formula is C19H22F3N3O3. The Morgan fingerprint density at radius 2 is 1.71 bits per heavy atom. The Hall–Kier alpha value is -2.84. The highest BCUT2D eigenvalue weighted by Gasteiger charge is 2.41. The molecule has 0 fully saturated rings. The van der Waals surface area contributed by atoms with Crippen LogP contribution in [0.15, 0.2) is 30.5 Å². The van der Waals surface area contributed by atoms with Crippen molar-refractivity contribution < 1.29 is 27.5 Å². The number of halogens is 3. The van der Waals surface area contributed by atoms with Crippen molar-refractivity contribution in [3.8, 4) is 5.69 Å². The number of hydrogen-bond donors (Lipinski definition) is 0. The number of aryl methyl sites for hydroxylation is 1. The van der Waals surface area contributed by atoms with E-state index in [4.69, 9.17) is 4.74 Å². The second kappa shape index (κ2) is 7.65. The number of nitrogens with zero attached hydrogens (tertiary/aromatic N) is 3. The van der Waals surface area contributed by atoms with Crippen molar-refractivity contribution in [2.45, 2.75) is 39.5 Å². The number of hydrogen-bond acceptors (Lipinski definition) is 4. The van der Waals surface area contributed by atoms with Gasteiger partial charge in [-0.15, -0.1) is 0 Å². The molecule has 1 heterocycles. The summed E-state index contributed by atoms with van der Waals surface area (Å²) in [5.41, 5.74) is -1.56. The van der Waals surface area contributed by atoms with E-state index in [-0.39, 0.29) is 5.69 Å². The van der Waals surface area contributed by atoms with Crippen molar-refractivity contribution >= 4 is 11.9 Å². The third-order valence-electron chi connectivity index (χ3n) is 3.68. The van der Waals surface area contributed by atoms with Crippen LogP contribution in [-0.4, -0.2) is 45.8 Å². The molecule has 0 atom stereocenters. The minimum atomic E-state index is -4.82. The van der Waals surface area contributed by atoms with E-state index < -0.39 is 41.5 Å². The van der Waals surface area contributed by atoms with Crippen LogP contribution in [0.3, 0.4) is 0 Å². The quantitative estimate of drug-likeness (QED) is 0.740. The molecule has 1 aromatic heterocycles. The van der Waals surface area contributed by atoms with Gasteiger partial charge in [0.25, 0.3) is 5.91 Å². The zero-order valence-corrected chi connectivity index (χ0v) is 16.3. The summed E-state index contributed by atoms with van der Waals surface area (Å²) in [5, 5.41) is 3.76. The molecule has 0 aliphatic heterocycles. The summed E-state index contributed by atoms with van der Waals surface area (Å²) in [6.07, 6.45) is -3.96. The Morgan fingerprint density at radius 1 is 1.14 bits per heavy atom. The first kappa shape index (κ1) is 21.5. The molecule has 1 amide bonds. The molecule has 152 valence electrons. The number of carbonyl (C=O) groups is 2. The maximum atomic E-state index is 13.7. The topological polar surface area (TPSA) is 64.4 Å². The van der Waals surface area contributed by atoms with Crippen LogP contribution < -0.4 is 0 Å². The molecule has 0 saturated heterocycles. The minimum absolute atomic E-state index is 0.173. The fourth-order valence-electron chi connectivity index (χ4n) is 2.50. The number of benzene rings is 1. The third-order valence-corrected chi connectivity index (χ3v) is 3.68. The van der Waals surface area contributed by atoms with Gasteiger partial charge in [0.05, 0.1) is 17.4 Å². The lowest BCUT2D eigenvalue weighted by Crippen LogP contribution is -2.36. The molecule has 2 aromatic rings. The smallest absolute Gasteiger partial charge is 0.434 e. The summed E-state index contributed by atoms with van der Waals surface area (Å²) in [6.45, 7) is 6.28. The molecule has 0 aliphatic carbocycles. The molecule has 6 nitrogen and oxygen atoms in total. The van der Waals surface area contributed by atoms with Crippen LogP contribution in [0.2, 0.25) is 0 Å². The standard InChI is InChI=1S/C19H22F3N3O3/c1-12-6-8-13(9-7-12)25-16(19(20,21)22)14(10-23-25)17(27)24(5)11-15(26)28-18(2,3)4/h6-10H,11H2,1-5H3. The van der Waals surface area contributed by atoms with Gasteiger partial charge >= 0.3 is 12.1 Å². The molecular weight excluding hydrogens is 375 g/mol. The van der Waals surface area contributed by atoms with Crippen LogP contribution in [-0.2, 0) is 15.7 Å². The second-order valence-corrected chi connectivity index (χ2v) is 7.40. The first-order valence-corrected chi connectivity index (χ1v) is 8.49. The molecule has 0 unspecified atom stereocenters. The summed E-state index contributed by atoms with van der Waals surface area (Å²) in [6, 6.07) is 6.26. The highest BCUT2D eigenvalue weighted by molar-refractivity contribution is 5.97. The predicted molar refractivity (Wildman–Crippen MR) is 96.1 cm³/mol. The molecule has 0 bridgehead atoms. The summed E-state index contributed by atoms with van der Waals surface area (Å²) < 4.78 is 46.9. The fraction of sp³-hybridized carbons (Fsp3) is 0.421. The van der Waals surface area contributed by atoms with Crippen molar-refractivity contribution in [3.63, 3.8) is 0 Å². The van der Waals surface area contributed by atoms with Crippen LogP contribution in [0.4, 0.5) is 13.2 Å². The molecule has 1 aromatic carbocycles. The molecule has 0 radical (unpaired) electrons. The molecule has 0 saturated carbocycles. The van der Waals surface area contributed by atoms with Gasteiger partial charge in [-0.05, 0) is 39.8 Å². The zero-order chi connectivity index (χ0) is 21.3. The van der Waals surface area contributed by atoms with Crippen molar-refractivity contribution in [1.29, 1.82) is 0 Å². The van der Waals surface area contributed by atoms with Gasteiger partial charge in [0, 0.05) is 7.05 Å². The van der Waals surface area contributed by atoms with E-state index in [1.807, 2.05) is 0 Å². The number of amides is 1. The lowest BCUT2D eigenvalue weighted by molar-refractivity contribution is -0.155. The average molecular weight is 397 g/mol. The maximum Gasteiger partial charge on any atom is 0.434 e. The number of likely N-dealkylation sites (N-methyl/N-ethyl adjacent to an activating group) is 1. The van der Waals surface area contributed by atoms with Gasteiger partial charge in [0.2, 0.25) is 0 Å². The largest absolute Gasteiger partial charge is 0.459 e. The fourth-order valence-corrected chi connectivity index (χ4v) is 2.50. The SMILES string of the molecule is Cc1ccc(-n2ncc(C(=O)N(C)CC(=O)OC(C)(C)C)c2C(F)(F)F)cc1.